The van der Waals surface area contributed by atoms with Crippen molar-refractivity contribution in [2.45, 2.75) is 13.5 Å². The van der Waals surface area contributed by atoms with Crippen LogP contribution in [-0.2, 0) is 6.54 Å². The number of halogens is 1. The molecule has 0 saturated carbocycles. The van der Waals surface area contributed by atoms with Gasteiger partial charge in [-0.2, -0.15) is 5.10 Å². The second-order valence-corrected chi connectivity index (χ2v) is 4.69. The fourth-order valence-corrected chi connectivity index (χ4v) is 2.06. The van der Waals surface area contributed by atoms with Crippen molar-refractivity contribution in [2.75, 3.05) is 32.6 Å². The Morgan fingerprint density at radius 1 is 1.33 bits per heavy atom. The van der Waals surface area contributed by atoms with E-state index in [1.54, 1.807) is 20.4 Å². The van der Waals surface area contributed by atoms with Crippen molar-refractivity contribution in [2.24, 2.45) is 4.99 Å². The second kappa shape index (κ2) is 10.7. The number of nitrogens with one attached hydrogen (secondary N) is 2. The molecule has 1 heterocycles. The van der Waals surface area contributed by atoms with Crippen molar-refractivity contribution in [3.63, 3.8) is 0 Å². The zero-order valence-electron chi connectivity index (χ0n) is 14.2. The first-order valence-corrected chi connectivity index (χ1v) is 7.52. The Bertz CT molecular complexity index is 631. The Morgan fingerprint density at radius 3 is 2.79 bits per heavy atom. The average Bonchev–Trinajstić information content (AvgIpc) is 3.08. The maximum absolute atomic E-state index is 5.51. The van der Waals surface area contributed by atoms with Gasteiger partial charge in [0.2, 0.25) is 0 Å². The van der Waals surface area contributed by atoms with Crippen molar-refractivity contribution in [1.82, 2.24) is 15.1 Å². The highest BCUT2D eigenvalue weighted by molar-refractivity contribution is 14.0. The van der Waals surface area contributed by atoms with E-state index in [4.69, 9.17) is 9.47 Å². The largest absolute Gasteiger partial charge is 0.493 e. The molecule has 0 saturated heterocycles. The van der Waals surface area contributed by atoms with Crippen LogP contribution in [0.15, 0.2) is 41.7 Å². The lowest BCUT2D eigenvalue weighted by Crippen LogP contribution is -2.33. The number of ether oxygens (including phenoxy) is 2. The quantitative estimate of drug-likeness (QED) is 0.390. The first-order valence-electron chi connectivity index (χ1n) is 7.52. The van der Waals surface area contributed by atoms with Gasteiger partial charge in [0.15, 0.2) is 17.5 Å². The summed E-state index contributed by atoms with van der Waals surface area (Å²) in [7, 11) is 3.35. The molecule has 2 rings (SSSR count). The highest BCUT2D eigenvalue weighted by atomic mass is 127. The number of hydrogen-bond acceptors (Lipinski definition) is 4. The van der Waals surface area contributed by atoms with Gasteiger partial charge in [0.05, 0.1) is 20.3 Å². The summed E-state index contributed by atoms with van der Waals surface area (Å²) in [6.07, 6.45) is 3.69. The maximum Gasteiger partial charge on any atom is 0.195 e. The van der Waals surface area contributed by atoms with Gasteiger partial charge in [0, 0.05) is 37.7 Å². The highest BCUT2D eigenvalue weighted by Crippen LogP contribution is 2.30. The van der Waals surface area contributed by atoms with Gasteiger partial charge >= 0.3 is 0 Å². The van der Waals surface area contributed by atoms with Gasteiger partial charge in [-0.3, -0.25) is 9.67 Å². The van der Waals surface area contributed by atoms with Crippen molar-refractivity contribution in [3.05, 3.63) is 36.7 Å². The van der Waals surface area contributed by atoms with Crippen molar-refractivity contribution >= 4 is 35.6 Å². The van der Waals surface area contributed by atoms with Crippen LogP contribution in [0.4, 0.5) is 5.69 Å². The first-order chi connectivity index (χ1) is 11.3. The van der Waals surface area contributed by atoms with Gasteiger partial charge in [-0.15, -0.1) is 24.0 Å². The van der Waals surface area contributed by atoms with Gasteiger partial charge in [-0.1, -0.05) is 0 Å². The number of hydrogen-bond donors (Lipinski definition) is 2. The van der Waals surface area contributed by atoms with Crippen LogP contribution in [0.3, 0.4) is 0 Å². The van der Waals surface area contributed by atoms with Crippen molar-refractivity contribution in [3.8, 4) is 11.5 Å². The highest BCUT2D eigenvalue weighted by Gasteiger charge is 2.06. The van der Waals surface area contributed by atoms with Gasteiger partial charge in [0.1, 0.15) is 0 Å². The zero-order valence-corrected chi connectivity index (χ0v) is 16.5. The van der Waals surface area contributed by atoms with Crippen LogP contribution >= 0.6 is 24.0 Å². The van der Waals surface area contributed by atoms with E-state index in [0.717, 1.165) is 24.5 Å². The summed E-state index contributed by atoms with van der Waals surface area (Å²) in [6, 6.07) is 7.58. The van der Waals surface area contributed by atoms with E-state index < -0.39 is 0 Å². The summed E-state index contributed by atoms with van der Waals surface area (Å²) in [4.78, 5) is 4.21. The summed E-state index contributed by atoms with van der Waals surface area (Å²) in [6.45, 7) is 4.02. The van der Waals surface area contributed by atoms with Crippen LogP contribution in [0.2, 0.25) is 0 Å². The minimum Gasteiger partial charge on any atom is -0.493 e. The van der Waals surface area contributed by atoms with Crippen LogP contribution in [0.25, 0.3) is 0 Å². The molecule has 0 amide bonds. The number of nitrogens with zero attached hydrogens (tertiary/aromatic N) is 3. The predicted molar refractivity (Wildman–Crippen MR) is 107 cm³/mol. The van der Waals surface area contributed by atoms with Gasteiger partial charge in [0.25, 0.3) is 0 Å². The third kappa shape index (κ3) is 5.91. The monoisotopic (exact) mass is 445 g/mol. The number of benzene rings is 1. The molecule has 0 aliphatic rings. The summed E-state index contributed by atoms with van der Waals surface area (Å²) < 4.78 is 12.7. The van der Waals surface area contributed by atoms with Crippen LogP contribution in [-0.4, -0.2) is 43.0 Å². The smallest absolute Gasteiger partial charge is 0.195 e. The Kier molecular flexibility index (Phi) is 8.98. The number of aliphatic imine (C=N–C) groups is 1. The lowest BCUT2D eigenvalue weighted by molar-refractivity contribution is 0.311. The molecular weight excluding hydrogens is 421 g/mol. The second-order valence-electron chi connectivity index (χ2n) is 4.69. The van der Waals surface area contributed by atoms with Crippen LogP contribution in [0.5, 0.6) is 11.5 Å². The molecule has 2 aromatic rings. The molecule has 0 fully saturated rings. The molecule has 0 bridgehead atoms. The molecular formula is C16H24IN5O2. The maximum atomic E-state index is 5.51. The minimum absolute atomic E-state index is 0. The van der Waals surface area contributed by atoms with Crippen LogP contribution < -0.4 is 20.1 Å². The van der Waals surface area contributed by atoms with E-state index in [9.17, 15) is 0 Å². The van der Waals surface area contributed by atoms with Gasteiger partial charge in [-0.25, -0.2) is 0 Å². The lowest BCUT2D eigenvalue weighted by Gasteiger charge is -2.14. The lowest BCUT2D eigenvalue weighted by atomic mass is 10.2. The fraction of sp³-hybridized carbons (Fsp3) is 0.375. The molecule has 1 aromatic heterocycles. The van der Waals surface area contributed by atoms with Crippen LogP contribution in [0.1, 0.15) is 6.92 Å². The van der Waals surface area contributed by atoms with E-state index in [1.807, 2.05) is 42.1 Å². The normalized spacial score (nSPS) is 10.7. The van der Waals surface area contributed by atoms with E-state index in [2.05, 4.69) is 20.7 Å². The summed E-state index contributed by atoms with van der Waals surface area (Å²) in [5.41, 5.74) is 0.873. The van der Waals surface area contributed by atoms with Gasteiger partial charge < -0.3 is 20.1 Å². The fourth-order valence-electron chi connectivity index (χ4n) is 2.06. The molecule has 2 N–H and O–H groups in total. The third-order valence-electron chi connectivity index (χ3n) is 3.14. The molecule has 0 atom stereocenters. The number of methoxy groups -OCH3 is 1. The standard InChI is InChI=1S/C16H23N5O2.HI/c1-4-23-14-7-6-13(12-15(14)22-3)20-16(17-2)18-9-11-21-10-5-8-19-21;/h5-8,10,12H,4,9,11H2,1-3H3,(H2,17,18,20);1H. The molecule has 24 heavy (non-hydrogen) atoms. The molecule has 0 radical (unpaired) electrons. The average molecular weight is 445 g/mol. The number of aromatic nitrogens is 2. The summed E-state index contributed by atoms with van der Waals surface area (Å²) in [5, 5.41) is 10.6. The Balaban J connectivity index is 0.00000288. The van der Waals surface area contributed by atoms with E-state index in [0.29, 0.717) is 18.3 Å². The molecule has 0 spiro atoms. The molecule has 1 aromatic carbocycles. The van der Waals surface area contributed by atoms with Crippen molar-refractivity contribution < 1.29 is 9.47 Å². The number of guanidine groups is 1. The zero-order chi connectivity index (χ0) is 16.5. The van der Waals surface area contributed by atoms with E-state index in [-0.39, 0.29) is 24.0 Å². The summed E-state index contributed by atoms with van der Waals surface area (Å²) in [5.74, 6) is 2.09. The molecule has 7 nitrogen and oxygen atoms in total. The number of anilines is 1. The van der Waals surface area contributed by atoms with E-state index >= 15 is 0 Å². The third-order valence-corrected chi connectivity index (χ3v) is 3.14. The molecule has 132 valence electrons. The first kappa shape index (κ1) is 20.1. The molecule has 0 aliphatic carbocycles. The van der Waals surface area contributed by atoms with Crippen molar-refractivity contribution in [1.29, 1.82) is 0 Å². The summed E-state index contributed by atoms with van der Waals surface area (Å²) >= 11 is 0. The number of rotatable bonds is 7. The molecule has 8 heteroatoms. The van der Waals surface area contributed by atoms with Crippen LogP contribution in [0, 0.1) is 0 Å². The Hall–Kier alpha value is -1.97. The topological polar surface area (TPSA) is 72.7 Å². The Labute approximate surface area is 159 Å². The molecule has 0 aliphatic heterocycles. The Morgan fingerprint density at radius 2 is 2.17 bits per heavy atom. The molecule has 0 unspecified atom stereocenters. The predicted octanol–water partition coefficient (Wildman–Crippen LogP) is 2.60. The van der Waals surface area contributed by atoms with E-state index in [1.165, 1.54) is 0 Å². The van der Waals surface area contributed by atoms with Gasteiger partial charge in [-0.05, 0) is 25.1 Å². The minimum atomic E-state index is 0. The SMILES string of the molecule is CCOc1ccc(NC(=NC)NCCn2cccn2)cc1OC.I.